The number of benzene rings is 1. The molecule has 0 amide bonds. The van der Waals surface area contributed by atoms with Crippen molar-refractivity contribution in [3.8, 4) is 5.75 Å². The van der Waals surface area contributed by atoms with Gasteiger partial charge in [0.25, 0.3) is 0 Å². The Morgan fingerprint density at radius 2 is 2.19 bits per heavy atom. The van der Waals surface area contributed by atoms with Gasteiger partial charge in [0.2, 0.25) is 0 Å². The van der Waals surface area contributed by atoms with Gasteiger partial charge in [-0.05, 0) is 12.1 Å². The standard InChI is InChI=1S/C10H8Cl2N2OS/c11-6-1-2-8(9(15)3-6)13-4-7-5-14-10(12)16-7/h1-3,5,13,15H,4H2. The van der Waals surface area contributed by atoms with Crippen LogP contribution in [0.1, 0.15) is 4.88 Å². The summed E-state index contributed by atoms with van der Waals surface area (Å²) < 4.78 is 0.511. The van der Waals surface area contributed by atoms with Crippen LogP contribution in [0.15, 0.2) is 24.4 Å². The number of phenols is 1. The first-order chi connectivity index (χ1) is 7.65. The highest BCUT2D eigenvalue weighted by Crippen LogP contribution is 2.27. The molecule has 1 heterocycles. The van der Waals surface area contributed by atoms with E-state index in [1.165, 1.54) is 17.4 Å². The molecule has 0 radical (unpaired) electrons. The Labute approximate surface area is 107 Å². The SMILES string of the molecule is Oc1cc(Cl)ccc1NCc1cnc(Cl)s1. The smallest absolute Gasteiger partial charge is 0.183 e. The number of rotatable bonds is 3. The molecule has 2 N–H and O–H groups in total. The number of thiazole rings is 1. The zero-order valence-corrected chi connectivity index (χ0v) is 10.4. The summed E-state index contributed by atoms with van der Waals surface area (Å²) >= 11 is 12.8. The number of hydrogen-bond acceptors (Lipinski definition) is 4. The summed E-state index contributed by atoms with van der Waals surface area (Å²) in [5.41, 5.74) is 0.633. The number of nitrogens with one attached hydrogen (secondary N) is 1. The minimum Gasteiger partial charge on any atom is -0.506 e. The molecule has 6 heteroatoms. The second kappa shape index (κ2) is 4.91. The topological polar surface area (TPSA) is 45.1 Å². The Morgan fingerprint density at radius 3 is 2.81 bits per heavy atom. The lowest BCUT2D eigenvalue weighted by molar-refractivity contribution is 0.477. The first kappa shape index (κ1) is 11.5. The van der Waals surface area contributed by atoms with Crippen LogP contribution in [0.5, 0.6) is 5.75 Å². The molecular weight excluding hydrogens is 267 g/mol. The van der Waals surface area contributed by atoms with Crippen molar-refractivity contribution in [3.05, 3.63) is 38.8 Å². The molecule has 0 aliphatic carbocycles. The van der Waals surface area contributed by atoms with Gasteiger partial charge < -0.3 is 10.4 Å². The summed E-state index contributed by atoms with van der Waals surface area (Å²) in [5.74, 6) is 0.128. The van der Waals surface area contributed by atoms with Gasteiger partial charge in [0.1, 0.15) is 5.75 Å². The molecule has 0 aliphatic heterocycles. The van der Waals surface area contributed by atoms with Crippen molar-refractivity contribution in [1.29, 1.82) is 0 Å². The molecule has 1 aromatic carbocycles. The van der Waals surface area contributed by atoms with Gasteiger partial charge in [-0.25, -0.2) is 4.98 Å². The molecule has 0 atom stereocenters. The van der Waals surface area contributed by atoms with Crippen LogP contribution in [0.4, 0.5) is 5.69 Å². The second-order valence-electron chi connectivity index (χ2n) is 3.09. The molecule has 0 aliphatic rings. The predicted octanol–water partition coefficient (Wildman–Crippen LogP) is 3.77. The quantitative estimate of drug-likeness (QED) is 0.838. The lowest BCUT2D eigenvalue weighted by atomic mass is 10.3. The van der Waals surface area contributed by atoms with Crippen molar-refractivity contribution in [2.24, 2.45) is 0 Å². The fourth-order valence-corrected chi connectivity index (χ4v) is 2.29. The molecule has 1 aromatic heterocycles. The molecular formula is C10H8Cl2N2OS. The zero-order valence-electron chi connectivity index (χ0n) is 8.08. The molecule has 0 unspecified atom stereocenters. The summed E-state index contributed by atoms with van der Waals surface area (Å²) in [4.78, 5) is 4.93. The highest BCUT2D eigenvalue weighted by atomic mass is 35.5. The number of halogens is 2. The van der Waals surface area contributed by atoms with Crippen molar-refractivity contribution >= 4 is 40.2 Å². The number of anilines is 1. The third kappa shape index (κ3) is 2.78. The van der Waals surface area contributed by atoms with E-state index in [0.29, 0.717) is 21.7 Å². The third-order valence-electron chi connectivity index (χ3n) is 1.94. The van der Waals surface area contributed by atoms with E-state index < -0.39 is 0 Å². The van der Waals surface area contributed by atoms with Crippen LogP contribution in [0, 0.1) is 0 Å². The van der Waals surface area contributed by atoms with E-state index in [9.17, 15) is 5.11 Å². The maximum Gasteiger partial charge on any atom is 0.183 e. The van der Waals surface area contributed by atoms with E-state index in [-0.39, 0.29) is 5.75 Å². The van der Waals surface area contributed by atoms with E-state index in [0.717, 1.165) is 4.88 Å². The van der Waals surface area contributed by atoms with Crippen LogP contribution in [-0.4, -0.2) is 10.1 Å². The van der Waals surface area contributed by atoms with Gasteiger partial charge in [-0.3, -0.25) is 0 Å². The van der Waals surface area contributed by atoms with Crippen molar-refractivity contribution in [2.75, 3.05) is 5.32 Å². The van der Waals surface area contributed by atoms with Crippen LogP contribution in [0.25, 0.3) is 0 Å². The van der Waals surface area contributed by atoms with E-state index >= 15 is 0 Å². The van der Waals surface area contributed by atoms with Crippen LogP contribution in [0.3, 0.4) is 0 Å². The van der Waals surface area contributed by atoms with Gasteiger partial charge in [0, 0.05) is 22.2 Å². The van der Waals surface area contributed by atoms with E-state index in [1.807, 2.05) is 0 Å². The lowest BCUT2D eigenvalue weighted by Crippen LogP contribution is -1.97. The molecule has 2 aromatic rings. The third-order valence-corrected chi connectivity index (χ3v) is 3.29. The molecule has 3 nitrogen and oxygen atoms in total. The Kier molecular flexibility index (Phi) is 3.53. The first-order valence-electron chi connectivity index (χ1n) is 4.48. The molecule has 16 heavy (non-hydrogen) atoms. The van der Waals surface area contributed by atoms with Crippen LogP contribution in [-0.2, 0) is 6.54 Å². The number of nitrogens with zero attached hydrogens (tertiary/aromatic N) is 1. The average molecular weight is 275 g/mol. The van der Waals surface area contributed by atoms with Crippen LogP contribution >= 0.6 is 34.5 Å². The normalized spacial score (nSPS) is 10.4. The molecule has 0 saturated heterocycles. The van der Waals surface area contributed by atoms with E-state index in [4.69, 9.17) is 23.2 Å². The van der Waals surface area contributed by atoms with Gasteiger partial charge in [-0.2, -0.15) is 0 Å². The first-order valence-corrected chi connectivity index (χ1v) is 6.05. The van der Waals surface area contributed by atoms with Gasteiger partial charge in [-0.1, -0.05) is 23.2 Å². The maximum atomic E-state index is 9.59. The van der Waals surface area contributed by atoms with E-state index in [2.05, 4.69) is 10.3 Å². The Balaban J connectivity index is 2.04. The molecule has 84 valence electrons. The van der Waals surface area contributed by atoms with Crippen molar-refractivity contribution in [3.63, 3.8) is 0 Å². The molecule has 0 saturated carbocycles. The van der Waals surface area contributed by atoms with E-state index in [1.54, 1.807) is 18.3 Å². The summed E-state index contributed by atoms with van der Waals surface area (Å²) in [7, 11) is 0. The number of aromatic nitrogens is 1. The lowest BCUT2D eigenvalue weighted by Gasteiger charge is -2.06. The predicted molar refractivity (Wildman–Crippen MR) is 67.6 cm³/mol. The summed E-state index contributed by atoms with van der Waals surface area (Å²) in [6.07, 6.45) is 1.70. The highest BCUT2D eigenvalue weighted by molar-refractivity contribution is 7.15. The Morgan fingerprint density at radius 1 is 1.38 bits per heavy atom. The number of phenolic OH excluding ortho intramolecular Hbond substituents is 1. The minimum absolute atomic E-state index is 0.128. The minimum atomic E-state index is 0.128. The van der Waals surface area contributed by atoms with Crippen LogP contribution < -0.4 is 5.32 Å². The highest BCUT2D eigenvalue weighted by Gasteiger charge is 2.03. The average Bonchev–Trinajstić information content (AvgIpc) is 2.63. The van der Waals surface area contributed by atoms with Crippen molar-refractivity contribution in [1.82, 2.24) is 4.98 Å². The van der Waals surface area contributed by atoms with Gasteiger partial charge in [-0.15, -0.1) is 11.3 Å². The largest absolute Gasteiger partial charge is 0.506 e. The molecule has 0 fully saturated rings. The number of hydrogen-bond donors (Lipinski definition) is 2. The molecule has 0 spiro atoms. The maximum absolute atomic E-state index is 9.59. The van der Waals surface area contributed by atoms with Crippen molar-refractivity contribution in [2.45, 2.75) is 6.54 Å². The van der Waals surface area contributed by atoms with Crippen molar-refractivity contribution < 1.29 is 5.11 Å². The Hall–Kier alpha value is -0.970. The number of aromatic hydroxyl groups is 1. The second-order valence-corrected chi connectivity index (χ2v) is 5.23. The van der Waals surface area contributed by atoms with Gasteiger partial charge in [0.15, 0.2) is 4.47 Å². The van der Waals surface area contributed by atoms with Gasteiger partial charge >= 0.3 is 0 Å². The van der Waals surface area contributed by atoms with Crippen LogP contribution in [0.2, 0.25) is 9.49 Å². The molecule has 0 bridgehead atoms. The fraction of sp³-hybridized carbons (Fsp3) is 0.100. The zero-order chi connectivity index (χ0) is 11.5. The summed E-state index contributed by atoms with van der Waals surface area (Å²) in [6, 6.07) is 4.92. The fourth-order valence-electron chi connectivity index (χ4n) is 1.20. The summed E-state index contributed by atoms with van der Waals surface area (Å²) in [6.45, 7) is 0.569. The summed E-state index contributed by atoms with van der Waals surface area (Å²) in [5, 5.41) is 13.2. The Bertz CT molecular complexity index is 501. The molecule has 2 rings (SSSR count). The van der Waals surface area contributed by atoms with Gasteiger partial charge in [0.05, 0.1) is 12.2 Å². The monoisotopic (exact) mass is 274 g/mol.